The van der Waals surface area contributed by atoms with Gasteiger partial charge in [-0.2, -0.15) is 0 Å². The molecule has 2 heterocycles. The number of morpholine rings is 1. The molecule has 0 radical (unpaired) electrons. The molecule has 210 valence electrons. The highest BCUT2D eigenvalue weighted by Gasteiger charge is 2.67. The van der Waals surface area contributed by atoms with Gasteiger partial charge in [0.15, 0.2) is 11.9 Å². The van der Waals surface area contributed by atoms with Crippen LogP contribution in [0.5, 0.6) is 0 Å². The zero-order chi connectivity index (χ0) is 26.7. The number of rotatable bonds is 5. The van der Waals surface area contributed by atoms with Gasteiger partial charge in [-0.05, 0) is 60.8 Å². The maximum atomic E-state index is 13.3. The van der Waals surface area contributed by atoms with Crippen LogP contribution in [-0.4, -0.2) is 79.2 Å². The van der Waals surface area contributed by atoms with Crippen molar-refractivity contribution in [1.29, 1.82) is 0 Å². The third kappa shape index (κ3) is 4.03. The van der Waals surface area contributed by atoms with Crippen molar-refractivity contribution in [2.45, 2.75) is 84.3 Å². The third-order valence-corrected chi connectivity index (χ3v) is 12.4. The van der Waals surface area contributed by atoms with Crippen molar-refractivity contribution in [2.75, 3.05) is 45.9 Å². The first kappa shape index (κ1) is 26.6. The molecule has 0 aromatic heterocycles. The highest BCUT2D eigenvalue weighted by Crippen LogP contribution is 2.67. The zero-order valence-corrected chi connectivity index (χ0v) is 24.0. The van der Waals surface area contributed by atoms with E-state index >= 15 is 0 Å². The maximum Gasteiger partial charge on any atom is 0.303 e. The van der Waals surface area contributed by atoms with Crippen LogP contribution in [0.25, 0.3) is 0 Å². The average molecular weight is 526 g/mol. The second-order valence-corrected chi connectivity index (χ2v) is 14.0. The lowest BCUT2D eigenvalue weighted by molar-refractivity contribution is -0.937. The number of ether oxygens (including phenoxy) is 2. The summed E-state index contributed by atoms with van der Waals surface area (Å²) in [5.41, 5.74) is 1.05. The highest BCUT2D eigenvalue weighted by atomic mass is 16.5. The van der Waals surface area contributed by atoms with Gasteiger partial charge in [0.05, 0.1) is 38.5 Å². The normalized spacial score (nSPS) is 44.0. The van der Waals surface area contributed by atoms with Crippen LogP contribution >= 0.6 is 0 Å². The summed E-state index contributed by atoms with van der Waals surface area (Å²) in [6.45, 7) is 17.1. The highest BCUT2D eigenvalue weighted by molar-refractivity contribution is 5.96. The number of esters is 1. The van der Waals surface area contributed by atoms with Crippen LogP contribution in [0.2, 0.25) is 0 Å². The molecule has 0 aromatic rings. The fourth-order valence-corrected chi connectivity index (χ4v) is 10.5. The summed E-state index contributed by atoms with van der Waals surface area (Å²) in [6.07, 6.45) is 13.5. The van der Waals surface area contributed by atoms with Crippen LogP contribution < -0.4 is 0 Å². The Kier molecular flexibility index (Phi) is 6.82. The summed E-state index contributed by atoms with van der Waals surface area (Å²) in [5.74, 6) is 2.44. The van der Waals surface area contributed by atoms with Gasteiger partial charge in [0.2, 0.25) is 0 Å². The lowest BCUT2D eigenvalue weighted by Crippen LogP contribution is -2.59. The van der Waals surface area contributed by atoms with Gasteiger partial charge in [0, 0.05) is 51.1 Å². The standard InChI is InChI=1S/C32H49N2O4/c1-5-14-34(15-6-7-16-34)28-20-26-24-9-8-23-19-29(36)27(33-12-17-37-18-13-33)21-32(23,4)25(24)10-11-31(26,3)30(28)38-22(2)35/h5,21,23-26,28,30H,1,6-20H2,2-4H3/q+1/t23-,24-,25-,26-,28+,30+,31+,32+/m1/s1. The number of carbonyl (C=O) groups excluding carboxylic acids is 2. The smallest absolute Gasteiger partial charge is 0.303 e. The molecule has 0 aromatic carbocycles. The lowest BCUT2D eigenvalue weighted by atomic mass is 9.46. The molecule has 6 rings (SSSR count). The molecule has 5 fully saturated rings. The van der Waals surface area contributed by atoms with Gasteiger partial charge >= 0.3 is 5.97 Å². The van der Waals surface area contributed by atoms with Crippen molar-refractivity contribution in [3.63, 3.8) is 0 Å². The predicted octanol–water partition coefficient (Wildman–Crippen LogP) is 4.74. The Morgan fingerprint density at radius 3 is 2.61 bits per heavy atom. The molecule has 8 atom stereocenters. The molecule has 6 heteroatoms. The van der Waals surface area contributed by atoms with E-state index < -0.39 is 0 Å². The van der Waals surface area contributed by atoms with Gasteiger partial charge < -0.3 is 18.9 Å². The van der Waals surface area contributed by atoms with Crippen molar-refractivity contribution in [3.8, 4) is 0 Å². The zero-order valence-electron chi connectivity index (χ0n) is 24.0. The summed E-state index contributed by atoms with van der Waals surface area (Å²) in [6, 6.07) is 0.367. The summed E-state index contributed by atoms with van der Waals surface area (Å²) in [7, 11) is 0. The Morgan fingerprint density at radius 1 is 1.18 bits per heavy atom. The molecule has 2 aliphatic heterocycles. The fourth-order valence-electron chi connectivity index (χ4n) is 10.5. The number of nitrogens with zero attached hydrogens (tertiary/aromatic N) is 2. The van der Waals surface area contributed by atoms with Crippen molar-refractivity contribution in [2.24, 2.45) is 34.5 Å². The van der Waals surface area contributed by atoms with Gasteiger partial charge in [-0.25, -0.2) is 0 Å². The molecule has 0 bridgehead atoms. The Bertz CT molecular complexity index is 995. The van der Waals surface area contributed by atoms with Crippen molar-refractivity contribution >= 4 is 11.8 Å². The van der Waals surface area contributed by atoms with Crippen LogP contribution in [0.15, 0.2) is 24.4 Å². The molecule has 3 saturated carbocycles. The minimum absolute atomic E-state index is 0.0121. The molecule has 0 N–H and O–H groups in total. The largest absolute Gasteiger partial charge is 0.456 e. The van der Waals surface area contributed by atoms with E-state index in [9.17, 15) is 9.59 Å². The molecule has 4 aliphatic carbocycles. The summed E-state index contributed by atoms with van der Waals surface area (Å²) in [5, 5.41) is 0. The first-order valence-electron chi connectivity index (χ1n) is 15.4. The lowest BCUT2D eigenvalue weighted by Gasteiger charge is -2.59. The quantitative estimate of drug-likeness (QED) is 0.295. The number of hydrogen-bond acceptors (Lipinski definition) is 5. The first-order chi connectivity index (χ1) is 18.2. The first-order valence-corrected chi connectivity index (χ1v) is 15.4. The number of carbonyl (C=O) groups is 2. The molecule has 0 spiro atoms. The number of allylic oxidation sites excluding steroid dienone is 2. The molecule has 0 unspecified atom stereocenters. The van der Waals surface area contributed by atoms with E-state index in [1.165, 1.54) is 32.4 Å². The van der Waals surface area contributed by atoms with E-state index in [1.54, 1.807) is 6.92 Å². The minimum Gasteiger partial charge on any atom is -0.456 e. The maximum absolute atomic E-state index is 13.3. The Labute approximate surface area is 229 Å². The average Bonchev–Trinajstić information content (AvgIpc) is 3.48. The minimum atomic E-state index is -0.125. The molecule has 6 aliphatic rings. The van der Waals surface area contributed by atoms with E-state index in [2.05, 4.69) is 37.5 Å². The summed E-state index contributed by atoms with van der Waals surface area (Å²) in [4.78, 5) is 28.1. The SMILES string of the molecule is C=CC[N+]1([C@H]2C[C@@H]3[C@@H]4CC[C@@H]5CC(=O)C(N6CCOCC6)=C[C@]5(C)[C@@H]4CC[C@]3(C)[C@H]2OC(C)=O)CCCC1. The number of Topliss-reactive ketones (excluding diaryl/α,β-unsaturated/α-hetero) is 1. The molecule has 2 saturated heterocycles. The molecular formula is C32H49N2O4+. The Balaban J connectivity index is 1.34. The number of hydrogen-bond donors (Lipinski definition) is 0. The number of likely N-dealkylation sites (tertiary alicyclic amines) is 1. The van der Waals surface area contributed by atoms with E-state index in [1.807, 2.05) is 0 Å². The number of ketones is 1. The number of quaternary nitrogens is 1. The van der Waals surface area contributed by atoms with E-state index in [0.29, 0.717) is 55.1 Å². The van der Waals surface area contributed by atoms with Crippen LogP contribution in [0.4, 0.5) is 0 Å². The van der Waals surface area contributed by atoms with Crippen molar-refractivity contribution in [1.82, 2.24) is 4.90 Å². The molecule has 38 heavy (non-hydrogen) atoms. The molecule has 0 amide bonds. The summed E-state index contributed by atoms with van der Waals surface area (Å²) >= 11 is 0. The van der Waals surface area contributed by atoms with Crippen LogP contribution in [0.1, 0.15) is 72.1 Å². The van der Waals surface area contributed by atoms with Crippen LogP contribution in [0, 0.1) is 34.5 Å². The van der Waals surface area contributed by atoms with Crippen LogP contribution in [-0.2, 0) is 19.1 Å². The van der Waals surface area contributed by atoms with Crippen molar-refractivity contribution < 1.29 is 23.5 Å². The second kappa shape index (κ2) is 9.76. The van der Waals surface area contributed by atoms with E-state index in [4.69, 9.17) is 9.47 Å². The summed E-state index contributed by atoms with van der Waals surface area (Å²) < 4.78 is 13.0. The predicted molar refractivity (Wildman–Crippen MR) is 147 cm³/mol. The molecule has 6 nitrogen and oxygen atoms in total. The topological polar surface area (TPSA) is 55.8 Å². The fraction of sp³-hybridized carbons (Fsp3) is 0.812. The van der Waals surface area contributed by atoms with E-state index in [-0.39, 0.29) is 22.9 Å². The van der Waals surface area contributed by atoms with Crippen molar-refractivity contribution in [3.05, 3.63) is 24.4 Å². The van der Waals surface area contributed by atoms with Crippen LogP contribution in [0.3, 0.4) is 0 Å². The van der Waals surface area contributed by atoms with Gasteiger partial charge in [0.1, 0.15) is 6.04 Å². The molecular weight excluding hydrogens is 476 g/mol. The Hall–Kier alpha value is -1.66. The monoisotopic (exact) mass is 525 g/mol. The van der Waals surface area contributed by atoms with Gasteiger partial charge in [-0.1, -0.05) is 26.5 Å². The second-order valence-electron chi connectivity index (χ2n) is 14.0. The third-order valence-electron chi connectivity index (χ3n) is 12.4. The Morgan fingerprint density at radius 2 is 1.92 bits per heavy atom. The van der Waals surface area contributed by atoms with Gasteiger partial charge in [-0.15, -0.1) is 0 Å². The number of fused-ring (bicyclic) bond motifs is 5. The van der Waals surface area contributed by atoms with Gasteiger partial charge in [0.25, 0.3) is 0 Å². The van der Waals surface area contributed by atoms with Gasteiger partial charge in [-0.3, -0.25) is 9.59 Å². The van der Waals surface area contributed by atoms with E-state index in [0.717, 1.165) is 55.5 Å².